The number of nitrogens with zero attached hydrogens (tertiary/aromatic N) is 3. The minimum atomic E-state index is -0.361. The zero-order valence-corrected chi connectivity index (χ0v) is 19.1. The van der Waals surface area contributed by atoms with E-state index in [9.17, 15) is 9.59 Å². The van der Waals surface area contributed by atoms with E-state index in [-0.39, 0.29) is 11.2 Å². The number of likely N-dealkylation sites (tertiary alicyclic amines) is 1. The van der Waals surface area contributed by atoms with Crippen LogP contribution in [0.1, 0.15) is 17.9 Å². The fraction of sp³-hybridized carbons (Fsp3) is 0.375. The first-order valence-corrected chi connectivity index (χ1v) is 12.0. The third-order valence-corrected chi connectivity index (χ3v) is 7.93. The number of aromatic amines is 1. The van der Waals surface area contributed by atoms with E-state index in [4.69, 9.17) is 9.47 Å². The lowest BCUT2D eigenvalue weighted by atomic mass is 9.87. The van der Waals surface area contributed by atoms with Gasteiger partial charge in [-0.05, 0) is 43.3 Å². The van der Waals surface area contributed by atoms with Crippen molar-refractivity contribution in [3.8, 4) is 11.5 Å². The van der Waals surface area contributed by atoms with Gasteiger partial charge >= 0.3 is 5.69 Å². The number of H-pyrrole nitrogens is 1. The number of nitrogens with one attached hydrogen (secondary N) is 1. The average molecular weight is 465 g/mol. The highest BCUT2D eigenvalue weighted by molar-refractivity contribution is 7.25. The lowest BCUT2D eigenvalue weighted by molar-refractivity contribution is 0.211. The molecule has 170 valence electrons. The number of ether oxygens (including phenoxy) is 2. The second-order valence-corrected chi connectivity index (χ2v) is 9.74. The molecule has 0 spiro atoms. The van der Waals surface area contributed by atoms with Crippen LogP contribution in [0, 0.1) is 5.92 Å². The van der Waals surface area contributed by atoms with Gasteiger partial charge in [0.15, 0.2) is 0 Å². The summed E-state index contributed by atoms with van der Waals surface area (Å²) in [5.74, 6) is 2.65. The van der Waals surface area contributed by atoms with Crippen molar-refractivity contribution in [2.24, 2.45) is 5.92 Å². The molecule has 0 saturated carbocycles. The number of fused-ring (bicyclic) bond motifs is 6. The molecular weight excluding hydrogens is 440 g/mol. The summed E-state index contributed by atoms with van der Waals surface area (Å²) in [6.45, 7) is 3.83. The topological polar surface area (TPSA) is 89.5 Å². The first kappa shape index (κ1) is 20.4. The van der Waals surface area contributed by atoms with Crippen molar-refractivity contribution in [2.75, 3.05) is 33.4 Å². The van der Waals surface area contributed by atoms with Crippen molar-refractivity contribution in [3.63, 3.8) is 0 Å². The van der Waals surface area contributed by atoms with Crippen LogP contribution in [0.4, 0.5) is 0 Å². The molecule has 1 saturated heterocycles. The second kappa shape index (κ2) is 8.00. The summed E-state index contributed by atoms with van der Waals surface area (Å²) < 4.78 is 13.3. The fourth-order valence-corrected chi connectivity index (χ4v) is 6.24. The predicted molar refractivity (Wildman–Crippen MR) is 128 cm³/mol. The average Bonchev–Trinajstić information content (AvgIpc) is 3.42. The number of rotatable bonds is 5. The molecule has 8 nitrogen and oxygen atoms in total. The number of methoxy groups -OCH3 is 1. The van der Waals surface area contributed by atoms with Crippen LogP contribution in [-0.2, 0) is 6.54 Å². The highest BCUT2D eigenvalue weighted by atomic mass is 32.1. The molecule has 1 fully saturated rings. The molecule has 6 rings (SSSR count). The number of benzene rings is 1. The van der Waals surface area contributed by atoms with Gasteiger partial charge in [0.2, 0.25) is 0 Å². The summed E-state index contributed by atoms with van der Waals surface area (Å²) in [5, 5.41) is 0.817. The SMILES string of the molecule is COc1ccc2c(c1)[C@@H]1CN(CCCn3c(=O)[nH]c4c(sc5ncccc54)c3=O)C[C@@H]1CO2. The van der Waals surface area contributed by atoms with Crippen LogP contribution in [0.5, 0.6) is 11.5 Å². The Morgan fingerprint density at radius 1 is 1.24 bits per heavy atom. The van der Waals surface area contributed by atoms with Crippen LogP contribution in [0.15, 0.2) is 46.1 Å². The van der Waals surface area contributed by atoms with E-state index >= 15 is 0 Å². The maximum Gasteiger partial charge on any atom is 0.328 e. The van der Waals surface area contributed by atoms with Gasteiger partial charge in [-0.2, -0.15) is 0 Å². The van der Waals surface area contributed by atoms with E-state index in [1.54, 1.807) is 13.3 Å². The van der Waals surface area contributed by atoms with E-state index in [0.29, 0.717) is 28.6 Å². The normalized spacial score (nSPS) is 20.0. The molecule has 0 unspecified atom stereocenters. The van der Waals surface area contributed by atoms with E-state index in [1.807, 2.05) is 24.3 Å². The van der Waals surface area contributed by atoms with Gasteiger partial charge < -0.3 is 19.4 Å². The molecular formula is C24H24N4O4S. The minimum absolute atomic E-state index is 0.235. The molecule has 4 aromatic rings. The van der Waals surface area contributed by atoms with Gasteiger partial charge in [0.25, 0.3) is 5.56 Å². The maximum absolute atomic E-state index is 13.0. The molecule has 1 aromatic carbocycles. The Bertz CT molecular complexity index is 1470. The van der Waals surface area contributed by atoms with E-state index in [2.05, 4.69) is 20.9 Å². The van der Waals surface area contributed by atoms with Crippen molar-refractivity contribution < 1.29 is 9.47 Å². The van der Waals surface area contributed by atoms with E-state index in [1.165, 1.54) is 21.5 Å². The molecule has 2 aliphatic rings. The maximum atomic E-state index is 13.0. The van der Waals surface area contributed by atoms with Crippen molar-refractivity contribution in [3.05, 3.63) is 62.9 Å². The first-order valence-electron chi connectivity index (χ1n) is 11.2. The van der Waals surface area contributed by atoms with Crippen molar-refractivity contribution in [1.29, 1.82) is 0 Å². The zero-order chi connectivity index (χ0) is 22.5. The van der Waals surface area contributed by atoms with Crippen LogP contribution >= 0.6 is 11.3 Å². The smallest absolute Gasteiger partial charge is 0.328 e. The third-order valence-electron chi connectivity index (χ3n) is 6.82. The van der Waals surface area contributed by atoms with Crippen LogP contribution in [-0.4, -0.2) is 52.8 Å². The van der Waals surface area contributed by atoms with Crippen LogP contribution in [0.25, 0.3) is 20.4 Å². The van der Waals surface area contributed by atoms with Crippen LogP contribution in [0.2, 0.25) is 0 Å². The summed E-state index contributed by atoms with van der Waals surface area (Å²) in [7, 11) is 1.68. The van der Waals surface area contributed by atoms with Crippen LogP contribution in [0.3, 0.4) is 0 Å². The Labute approximate surface area is 193 Å². The Morgan fingerprint density at radius 2 is 2.15 bits per heavy atom. The largest absolute Gasteiger partial charge is 0.497 e. The molecule has 2 atom stereocenters. The quantitative estimate of drug-likeness (QED) is 0.489. The Morgan fingerprint density at radius 3 is 3.03 bits per heavy atom. The lowest BCUT2D eigenvalue weighted by Crippen LogP contribution is -2.35. The van der Waals surface area contributed by atoms with Crippen molar-refractivity contribution in [1.82, 2.24) is 19.4 Å². The standard InChI is InChI=1S/C24H24N4O4S/c1-31-15-5-6-19-17(10-15)18-12-27(11-14(18)13-32-19)8-3-9-28-23(29)21-20(26-24(28)30)16-4-2-7-25-22(16)33-21/h2,4-7,10,14,18H,3,8-9,11-13H2,1H3,(H,26,30)/t14-,18-/m1/s1. The van der Waals surface area contributed by atoms with Crippen LogP contribution < -0.4 is 20.7 Å². The van der Waals surface area contributed by atoms with Crippen molar-refractivity contribution >= 4 is 31.8 Å². The highest BCUT2D eigenvalue weighted by Crippen LogP contribution is 2.43. The highest BCUT2D eigenvalue weighted by Gasteiger charge is 2.38. The number of pyridine rings is 1. The zero-order valence-electron chi connectivity index (χ0n) is 18.2. The molecule has 0 radical (unpaired) electrons. The number of hydrogen-bond acceptors (Lipinski definition) is 7. The summed E-state index contributed by atoms with van der Waals surface area (Å²) in [6.07, 6.45) is 2.42. The lowest BCUT2D eigenvalue weighted by Gasteiger charge is -2.28. The number of hydrogen-bond donors (Lipinski definition) is 1. The molecule has 33 heavy (non-hydrogen) atoms. The summed E-state index contributed by atoms with van der Waals surface area (Å²) >= 11 is 1.33. The van der Waals surface area contributed by atoms with Gasteiger partial charge in [0.05, 0.1) is 19.2 Å². The van der Waals surface area contributed by atoms with E-state index < -0.39 is 0 Å². The van der Waals surface area contributed by atoms with Gasteiger partial charge in [-0.3, -0.25) is 9.36 Å². The first-order chi connectivity index (χ1) is 16.1. The number of aromatic nitrogens is 3. The molecule has 0 bridgehead atoms. The van der Waals surface area contributed by atoms with E-state index in [0.717, 1.165) is 54.4 Å². The molecule has 2 aliphatic heterocycles. The molecule has 5 heterocycles. The van der Waals surface area contributed by atoms with Gasteiger partial charge in [-0.15, -0.1) is 11.3 Å². The van der Waals surface area contributed by atoms with Gasteiger partial charge in [-0.1, -0.05) is 0 Å². The minimum Gasteiger partial charge on any atom is -0.497 e. The van der Waals surface area contributed by atoms with Gasteiger partial charge in [0, 0.05) is 48.6 Å². The Balaban J connectivity index is 1.18. The number of thiophene rings is 1. The molecule has 0 aliphatic carbocycles. The summed E-state index contributed by atoms with van der Waals surface area (Å²) in [4.78, 5) is 36.1. The molecule has 3 aromatic heterocycles. The Kier molecular flexibility index (Phi) is 4.95. The predicted octanol–water partition coefficient (Wildman–Crippen LogP) is 2.81. The fourth-order valence-electron chi connectivity index (χ4n) is 5.19. The monoisotopic (exact) mass is 464 g/mol. The molecule has 0 amide bonds. The Hall–Kier alpha value is -3.17. The summed E-state index contributed by atoms with van der Waals surface area (Å²) in [6, 6.07) is 9.70. The summed E-state index contributed by atoms with van der Waals surface area (Å²) in [5.41, 5.74) is 1.21. The van der Waals surface area contributed by atoms with Gasteiger partial charge in [0.1, 0.15) is 21.0 Å². The molecule has 1 N–H and O–H groups in total. The van der Waals surface area contributed by atoms with Crippen molar-refractivity contribution in [2.45, 2.75) is 18.9 Å². The molecule has 9 heteroatoms. The van der Waals surface area contributed by atoms with Gasteiger partial charge in [-0.25, -0.2) is 9.78 Å². The third kappa shape index (κ3) is 3.43. The second-order valence-electron chi connectivity index (χ2n) is 8.74.